The Labute approximate surface area is 208 Å². The van der Waals surface area contributed by atoms with Crippen LogP contribution >= 0.6 is 11.6 Å². The minimum atomic E-state index is -0.503. The highest BCUT2D eigenvalue weighted by Crippen LogP contribution is 2.32. The molecule has 1 aliphatic heterocycles. The summed E-state index contributed by atoms with van der Waals surface area (Å²) in [7, 11) is 0. The van der Waals surface area contributed by atoms with Crippen molar-refractivity contribution in [2.24, 2.45) is 0 Å². The zero-order valence-corrected chi connectivity index (χ0v) is 22.0. The quantitative estimate of drug-likeness (QED) is 0.462. The Morgan fingerprint density at radius 1 is 1.29 bits per heavy atom. The molecular formula is C26H38ClFN4O2. The number of benzene rings is 1. The number of likely N-dealkylation sites (N-methyl/N-ethyl adjacent to an activating group) is 1. The lowest BCUT2D eigenvalue weighted by Gasteiger charge is -2.33. The van der Waals surface area contributed by atoms with Crippen molar-refractivity contribution < 1.29 is 13.9 Å². The molecule has 8 heteroatoms. The van der Waals surface area contributed by atoms with Gasteiger partial charge in [0.15, 0.2) is 0 Å². The van der Waals surface area contributed by atoms with E-state index in [1.165, 1.54) is 6.07 Å². The van der Waals surface area contributed by atoms with Gasteiger partial charge in [-0.05, 0) is 72.2 Å². The Morgan fingerprint density at radius 2 is 1.97 bits per heavy atom. The molecule has 0 atom stereocenters. The van der Waals surface area contributed by atoms with Crippen LogP contribution in [0.25, 0.3) is 11.3 Å². The van der Waals surface area contributed by atoms with Crippen LogP contribution in [0.5, 0.6) is 0 Å². The monoisotopic (exact) mass is 492 g/mol. The van der Waals surface area contributed by atoms with Crippen molar-refractivity contribution in [1.82, 2.24) is 19.4 Å². The minimum Gasteiger partial charge on any atom is -0.444 e. The SMILES string of the molecule is CCN(CCn1cc(-c2ccc(F)c(Cl)c2)nc1C1CCN(C(=O)OC(C)(C)C)CC1)C(C)C. The first-order valence-corrected chi connectivity index (χ1v) is 12.6. The van der Waals surface area contributed by atoms with Gasteiger partial charge in [0.25, 0.3) is 0 Å². The fraction of sp³-hybridized carbons (Fsp3) is 0.615. The fourth-order valence-electron chi connectivity index (χ4n) is 4.39. The largest absolute Gasteiger partial charge is 0.444 e. The van der Waals surface area contributed by atoms with Gasteiger partial charge in [0.2, 0.25) is 0 Å². The number of imidazole rings is 1. The molecule has 2 aromatic rings. The van der Waals surface area contributed by atoms with Crippen LogP contribution in [-0.2, 0) is 11.3 Å². The molecule has 1 aromatic heterocycles. The van der Waals surface area contributed by atoms with Gasteiger partial charge in [0, 0.05) is 49.9 Å². The van der Waals surface area contributed by atoms with Gasteiger partial charge in [-0.1, -0.05) is 18.5 Å². The third-order valence-electron chi connectivity index (χ3n) is 6.30. The molecule has 0 spiro atoms. The number of carbonyl (C=O) groups excluding carboxylic acids is 1. The van der Waals surface area contributed by atoms with Crippen molar-refractivity contribution in [2.45, 2.75) is 78.5 Å². The Kier molecular flexibility index (Phi) is 8.63. The molecule has 2 heterocycles. The van der Waals surface area contributed by atoms with Crippen LogP contribution in [0.1, 0.15) is 66.1 Å². The number of hydrogen-bond acceptors (Lipinski definition) is 4. The summed E-state index contributed by atoms with van der Waals surface area (Å²) in [6, 6.07) is 5.19. The zero-order valence-electron chi connectivity index (χ0n) is 21.3. The van der Waals surface area contributed by atoms with Crippen LogP contribution in [-0.4, -0.2) is 63.3 Å². The highest BCUT2D eigenvalue weighted by Gasteiger charge is 2.30. The van der Waals surface area contributed by atoms with E-state index < -0.39 is 11.4 Å². The van der Waals surface area contributed by atoms with Crippen molar-refractivity contribution >= 4 is 17.7 Å². The number of carbonyl (C=O) groups is 1. The molecule has 0 saturated carbocycles. The van der Waals surface area contributed by atoms with E-state index in [-0.39, 0.29) is 17.0 Å². The van der Waals surface area contributed by atoms with Gasteiger partial charge in [-0.3, -0.25) is 4.90 Å². The first-order valence-electron chi connectivity index (χ1n) is 12.2. The number of likely N-dealkylation sites (tertiary alicyclic amines) is 1. The second-order valence-corrected chi connectivity index (χ2v) is 10.7. The van der Waals surface area contributed by atoms with Crippen molar-refractivity contribution in [3.63, 3.8) is 0 Å². The predicted octanol–water partition coefficient (Wildman–Crippen LogP) is 6.19. The lowest BCUT2D eigenvalue weighted by molar-refractivity contribution is 0.0202. The number of rotatable bonds is 7. The molecule has 0 N–H and O–H groups in total. The van der Waals surface area contributed by atoms with Crippen LogP contribution in [0.15, 0.2) is 24.4 Å². The summed E-state index contributed by atoms with van der Waals surface area (Å²) >= 11 is 6.04. The summed E-state index contributed by atoms with van der Waals surface area (Å²) in [4.78, 5) is 21.7. The van der Waals surface area contributed by atoms with Crippen molar-refractivity contribution in [3.05, 3.63) is 41.1 Å². The second-order valence-electron chi connectivity index (χ2n) is 10.3. The fourth-order valence-corrected chi connectivity index (χ4v) is 4.57. The Morgan fingerprint density at radius 3 is 2.53 bits per heavy atom. The molecule has 1 fully saturated rings. The molecule has 0 radical (unpaired) electrons. The van der Waals surface area contributed by atoms with Crippen LogP contribution in [0.2, 0.25) is 5.02 Å². The van der Waals surface area contributed by atoms with Gasteiger partial charge in [-0.25, -0.2) is 14.2 Å². The average molecular weight is 493 g/mol. The number of amides is 1. The maximum absolute atomic E-state index is 13.7. The summed E-state index contributed by atoms with van der Waals surface area (Å²) in [6.45, 7) is 16.2. The summed E-state index contributed by atoms with van der Waals surface area (Å²) in [6.07, 6.45) is 3.43. The van der Waals surface area contributed by atoms with E-state index in [0.717, 1.165) is 49.6 Å². The maximum Gasteiger partial charge on any atom is 0.410 e. The van der Waals surface area contributed by atoms with Crippen molar-refractivity contribution in [3.8, 4) is 11.3 Å². The van der Waals surface area contributed by atoms with Crippen LogP contribution in [0, 0.1) is 5.82 Å². The first kappa shape index (κ1) is 26.5. The molecular weight excluding hydrogens is 455 g/mol. The summed E-state index contributed by atoms with van der Waals surface area (Å²) < 4.78 is 21.5. The Hall–Kier alpha value is -2.12. The summed E-state index contributed by atoms with van der Waals surface area (Å²) in [5.41, 5.74) is 1.09. The molecule has 0 unspecified atom stereocenters. The molecule has 3 rings (SSSR count). The van der Waals surface area contributed by atoms with Crippen molar-refractivity contribution in [2.75, 3.05) is 26.2 Å². The third kappa shape index (κ3) is 6.72. The predicted molar refractivity (Wildman–Crippen MR) is 135 cm³/mol. The number of ether oxygens (including phenoxy) is 1. The third-order valence-corrected chi connectivity index (χ3v) is 6.59. The standard InChI is InChI=1S/C26H38ClFN4O2/c1-7-30(18(2)3)14-15-32-17-23(20-8-9-22(28)21(27)16-20)29-24(32)19-10-12-31(13-11-19)25(33)34-26(4,5)6/h8-9,16-19H,7,10-15H2,1-6H3. The Balaban J connectivity index is 1.81. The molecule has 1 aliphatic rings. The van der Waals surface area contributed by atoms with Gasteiger partial charge in [0.05, 0.1) is 10.7 Å². The number of nitrogens with zero attached hydrogens (tertiary/aromatic N) is 4. The lowest BCUT2D eigenvalue weighted by atomic mass is 9.96. The van der Waals surface area contributed by atoms with E-state index in [1.807, 2.05) is 27.0 Å². The molecule has 1 amide bonds. The van der Waals surface area contributed by atoms with Gasteiger partial charge in [-0.2, -0.15) is 0 Å². The van der Waals surface area contributed by atoms with E-state index in [2.05, 4.69) is 30.2 Å². The topological polar surface area (TPSA) is 50.6 Å². The smallest absolute Gasteiger partial charge is 0.410 e. The highest BCUT2D eigenvalue weighted by atomic mass is 35.5. The zero-order chi connectivity index (χ0) is 25.0. The summed E-state index contributed by atoms with van der Waals surface area (Å²) in [5.74, 6) is 0.812. The van der Waals surface area contributed by atoms with E-state index in [4.69, 9.17) is 21.3 Å². The normalized spacial score (nSPS) is 15.4. The molecule has 34 heavy (non-hydrogen) atoms. The first-order chi connectivity index (χ1) is 16.0. The highest BCUT2D eigenvalue weighted by molar-refractivity contribution is 6.31. The number of hydrogen-bond donors (Lipinski definition) is 0. The van der Waals surface area contributed by atoms with Crippen LogP contribution < -0.4 is 0 Å². The van der Waals surface area contributed by atoms with E-state index in [0.29, 0.717) is 19.1 Å². The van der Waals surface area contributed by atoms with Crippen LogP contribution in [0.4, 0.5) is 9.18 Å². The average Bonchev–Trinajstić information content (AvgIpc) is 3.19. The molecule has 1 saturated heterocycles. The maximum atomic E-state index is 13.7. The van der Waals surface area contributed by atoms with Gasteiger partial charge >= 0.3 is 6.09 Å². The number of aromatic nitrogens is 2. The van der Waals surface area contributed by atoms with Crippen LogP contribution in [0.3, 0.4) is 0 Å². The molecule has 0 bridgehead atoms. The lowest BCUT2D eigenvalue weighted by Crippen LogP contribution is -2.41. The van der Waals surface area contributed by atoms with Gasteiger partial charge in [0.1, 0.15) is 17.2 Å². The van der Waals surface area contributed by atoms with E-state index in [1.54, 1.807) is 17.0 Å². The van der Waals surface area contributed by atoms with Gasteiger partial charge in [-0.15, -0.1) is 0 Å². The summed E-state index contributed by atoms with van der Waals surface area (Å²) in [5, 5.41) is 0.0937. The van der Waals surface area contributed by atoms with E-state index in [9.17, 15) is 9.18 Å². The van der Waals surface area contributed by atoms with E-state index >= 15 is 0 Å². The molecule has 188 valence electrons. The number of halogens is 2. The number of piperidine rings is 1. The van der Waals surface area contributed by atoms with Gasteiger partial charge < -0.3 is 14.2 Å². The molecule has 0 aliphatic carbocycles. The van der Waals surface area contributed by atoms with Crippen molar-refractivity contribution in [1.29, 1.82) is 0 Å². The molecule has 6 nitrogen and oxygen atoms in total. The second kappa shape index (κ2) is 11.1. The molecule has 1 aromatic carbocycles. The Bertz CT molecular complexity index is 978. The minimum absolute atomic E-state index is 0.0937.